The fourth-order valence-electron chi connectivity index (χ4n) is 4.21. The third kappa shape index (κ3) is 3.35. The number of rotatable bonds is 2. The summed E-state index contributed by atoms with van der Waals surface area (Å²) in [6.07, 6.45) is -2.55. The van der Waals surface area contributed by atoms with E-state index in [4.69, 9.17) is 0 Å². The van der Waals surface area contributed by atoms with Gasteiger partial charge in [0.15, 0.2) is 5.69 Å². The Hall–Kier alpha value is -3.19. The molecule has 2 aromatic carbocycles. The maximum atomic E-state index is 12.8. The van der Waals surface area contributed by atoms with Gasteiger partial charge < -0.3 is 9.88 Å². The fourth-order valence-corrected chi connectivity index (χ4v) is 4.21. The standard InChI is InChI=1S/C23H19F3N4/c1-30-12-17-10-16(20-6-7-22(29-28-20)23(24,25)26)4-5-18(17)19(13-30)15-3-2-14-8-9-27-21(14)11-15/h2-11,19,27H,12-13H2,1H3. The van der Waals surface area contributed by atoms with Crippen molar-refractivity contribution < 1.29 is 13.2 Å². The van der Waals surface area contributed by atoms with Gasteiger partial charge in [-0.05, 0) is 59.5 Å². The number of nitrogens with zero attached hydrogens (tertiary/aromatic N) is 3. The van der Waals surface area contributed by atoms with Gasteiger partial charge in [0.2, 0.25) is 0 Å². The molecule has 0 radical (unpaired) electrons. The molecule has 1 atom stereocenters. The van der Waals surface area contributed by atoms with Gasteiger partial charge >= 0.3 is 6.18 Å². The number of benzene rings is 2. The van der Waals surface area contributed by atoms with E-state index in [1.165, 1.54) is 22.6 Å². The van der Waals surface area contributed by atoms with Crippen molar-refractivity contribution in [3.8, 4) is 11.3 Å². The van der Waals surface area contributed by atoms with Crippen LogP contribution in [0.3, 0.4) is 0 Å². The summed E-state index contributed by atoms with van der Waals surface area (Å²) < 4.78 is 38.3. The SMILES string of the molecule is CN1Cc2cc(-c3ccc(C(F)(F)F)nn3)ccc2C(c2ccc3cc[nH]c3c2)C1. The summed E-state index contributed by atoms with van der Waals surface area (Å²) in [5, 5.41) is 8.33. The van der Waals surface area contributed by atoms with Crippen LogP contribution in [0, 0.1) is 0 Å². The molecule has 1 aliphatic rings. The van der Waals surface area contributed by atoms with E-state index < -0.39 is 11.9 Å². The first-order valence-corrected chi connectivity index (χ1v) is 9.68. The normalized spacial score (nSPS) is 17.3. The van der Waals surface area contributed by atoms with E-state index in [1.54, 1.807) is 0 Å². The Bertz CT molecular complexity index is 1210. The molecule has 4 aromatic rings. The van der Waals surface area contributed by atoms with Crippen molar-refractivity contribution in [2.45, 2.75) is 18.6 Å². The smallest absolute Gasteiger partial charge is 0.361 e. The molecule has 2 aromatic heterocycles. The van der Waals surface area contributed by atoms with Crippen LogP contribution in [0.5, 0.6) is 0 Å². The van der Waals surface area contributed by atoms with Crippen LogP contribution in [0.2, 0.25) is 0 Å². The molecule has 7 heteroatoms. The summed E-state index contributed by atoms with van der Waals surface area (Å²) in [7, 11) is 2.08. The van der Waals surface area contributed by atoms with E-state index in [2.05, 4.69) is 57.5 Å². The van der Waals surface area contributed by atoms with Crippen LogP contribution in [0.15, 0.2) is 60.8 Å². The van der Waals surface area contributed by atoms with Crippen molar-refractivity contribution in [2.24, 2.45) is 0 Å². The number of aromatic nitrogens is 3. The van der Waals surface area contributed by atoms with Gasteiger partial charge in [0, 0.05) is 36.3 Å². The van der Waals surface area contributed by atoms with E-state index in [1.807, 2.05) is 18.3 Å². The highest BCUT2D eigenvalue weighted by Gasteiger charge is 2.33. The number of halogens is 3. The highest BCUT2D eigenvalue weighted by Crippen LogP contribution is 2.36. The van der Waals surface area contributed by atoms with Crippen LogP contribution in [-0.2, 0) is 12.7 Å². The van der Waals surface area contributed by atoms with Crippen molar-refractivity contribution in [1.29, 1.82) is 0 Å². The maximum absolute atomic E-state index is 12.8. The van der Waals surface area contributed by atoms with Gasteiger partial charge in [-0.2, -0.15) is 13.2 Å². The summed E-state index contributed by atoms with van der Waals surface area (Å²) in [5.74, 6) is 0.221. The maximum Gasteiger partial charge on any atom is 0.435 e. The second-order valence-electron chi connectivity index (χ2n) is 7.79. The topological polar surface area (TPSA) is 44.8 Å². The lowest BCUT2D eigenvalue weighted by molar-refractivity contribution is -0.141. The molecule has 0 aliphatic carbocycles. The quantitative estimate of drug-likeness (QED) is 0.495. The Labute approximate surface area is 171 Å². The number of fused-ring (bicyclic) bond motifs is 2. The van der Waals surface area contributed by atoms with Crippen LogP contribution < -0.4 is 0 Å². The fraction of sp³-hybridized carbons (Fsp3) is 0.217. The molecule has 4 nitrogen and oxygen atoms in total. The van der Waals surface area contributed by atoms with Gasteiger partial charge in [0.25, 0.3) is 0 Å². The summed E-state index contributed by atoms with van der Waals surface area (Å²) in [5.41, 5.74) is 4.96. The Balaban J connectivity index is 1.52. The number of alkyl halides is 3. The average molecular weight is 408 g/mol. The minimum atomic E-state index is -4.49. The van der Waals surface area contributed by atoms with E-state index in [-0.39, 0.29) is 5.92 Å². The first kappa shape index (κ1) is 18.8. The lowest BCUT2D eigenvalue weighted by Crippen LogP contribution is -2.31. The zero-order chi connectivity index (χ0) is 20.9. The predicted molar refractivity (Wildman–Crippen MR) is 109 cm³/mol. The van der Waals surface area contributed by atoms with E-state index >= 15 is 0 Å². The highest BCUT2D eigenvalue weighted by atomic mass is 19.4. The first-order valence-electron chi connectivity index (χ1n) is 9.68. The molecule has 0 spiro atoms. The van der Waals surface area contributed by atoms with Crippen molar-refractivity contribution >= 4 is 10.9 Å². The largest absolute Gasteiger partial charge is 0.435 e. The van der Waals surface area contributed by atoms with Gasteiger partial charge in [0.05, 0.1) is 5.69 Å². The van der Waals surface area contributed by atoms with Crippen LogP contribution in [0.1, 0.15) is 28.3 Å². The zero-order valence-electron chi connectivity index (χ0n) is 16.2. The lowest BCUT2D eigenvalue weighted by Gasteiger charge is -2.33. The number of aromatic amines is 1. The van der Waals surface area contributed by atoms with Gasteiger partial charge in [0.1, 0.15) is 0 Å². The number of likely N-dealkylation sites (N-methyl/N-ethyl adjacent to an activating group) is 1. The molecule has 0 saturated carbocycles. The molecule has 5 rings (SSSR count). The first-order chi connectivity index (χ1) is 14.4. The minimum Gasteiger partial charge on any atom is -0.361 e. The zero-order valence-corrected chi connectivity index (χ0v) is 16.2. The molecule has 1 unspecified atom stereocenters. The molecule has 3 heterocycles. The van der Waals surface area contributed by atoms with Crippen molar-refractivity contribution in [1.82, 2.24) is 20.1 Å². The molecule has 0 fully saturated rings. The Morgan fingerprint density at radius 3 is 2.63 bits per heavy atom. The Morgan fingerprint density at radius 1 is 1.00 bits per heavy atom. The predicted octanol–water partition coefficient (Wildman–Crippen LogP) is 5.22. The Morgan fingerprint density at radius 2 is 1.87 bits per heavy atom. The number of hydrogen-bond acceptors (Lipinski definition) is 3. The van der Waals surface area contributed by atoms with E-state index in [9.17, 15) is 13.2 Å². The van der Waals surface area contributed by atoms with Crippen LogP contribution >= 0.6 is 0 Å². The van der Waals surface area contributed by atoms with Crippen molar-refractivity contribution in [2.75, 3.05) is 13.6 Å². The van der Waals surface area contributed by atoms with Crippen molar-refractivity contribution in [3.05, 3.63) is 83.2 Å². The number of nitrogens with one attached hydrogen (secondary N) is 1. The second kappa shape index (κ2) is 6.95. The highest BCUT2D eigenvalue weighted by molar-refractivity contribution is 5.80. The minimum absolute atomic E-state index is 0.221. The molecule has 1 aliphatic heterocycles. The van der Waals surface area contributed by atoms with Gasteiger partial charge in [-0.15, -0.1) is 10.2 Å². The number of H-pyrrole nitrogens is 1. The van der Waals surface area contributed by atoms with Crippen LogP contribution in [0.4, 0.5) is 13.2 Å². The Kier molecular flexibility index (Phi) is 4.36. The van der Waals surface area contributed by atoms with Crippen LogP contribution in [0.25, 0.3) is 22.2 Å². The number of hydrogen-bond donors (Lipinski definition) is 1. The molecule has 0 amide bonds. The summed E-state index contributed by atoms with van der Waals surface area (Å²) in [6, 6.07) is 16.9. The molecule has 0 bridgehead atoms. The molecule has 1 N–H and O–H groups in total. The molecule has 30 heavy (non-hydrogen) atoms. The van der Waals surface area contributed by atoms with Gasteiger partial charge in [-0.3, -0.25) is 0 Å². The third-order valence-electron chi connectivity index (χ3n) is 5.69. The summed E-state index contributed by atoms with van der Waals surface area (Å²) >= 11 is 0. The van der Waals surface area contributed by atoms with Crippen molar-refractivity contribution in [3.63, 3.8) is 0 Å². The monoisotopic (exact) mass is 408 g/mol. The second-order valence-corrected chi connectivity index (χ2v) is 7.79. The van der Waals surface area contributed by atoms with E-state index in [0.29, 0.717) is 5.69 Å². The average Bonchev–Trinajstić information content (AvgIpc) is 3.20. The molecular weight excluding hydrogens is 389 g/mol. The molecule has 152 valence electrons. The lowest BCUT2D eigenvalue weighted by atomic mass is 9.83. The summed E-state index contributed by atoms with van der Waals surface area (Å²) in [4.78, 5) is 5.53. The van der Waals surface area contributed by atoms with Gasteiger partial charge in [-0.1, -0.05) is 24.3 Å². The van der Waals surface area contributed by atoms with Crippen LogP contribution in [-0.4, -0.2) is 33.7 Å². The van der Waals surface area contributed by atoms with E-state index in [0.717, 1.165) is 35.8 Å². The molecule has 0 saturated heterocycles. The van der Waals surface area contributed by atoms with Gasteiger partial charge in [-0.25, -0.2) is 0 Å². The third-order valence-corrected chi connectivity index (χ3v) is 5.69. The molecular formula is C23H19F3N4. The summed E-state index contributed by atoms with van der Waals surface area (Å²) in [6.45, 7) is 1.68.